The summed E-state index contributed by atoms with van der Waals surface area (Å²) in [5.74, 6) is -1.00. The number of hydrogen-bond donors (Lipinski definition) is 2. The minimum atomic E-state index is -1.00. The smallest absolute Gasteiger partial charge is 0.322 e. The summed E-state index contributed by atoms with van der Waals surface area (Å²) >= 11 is 6.25. The highest BCUT2D eigenvalue weighted by molar-refractivity contribution is 6.31. The zero-order valence-corrected chi connectivity index (χ0v) is 13.6. The molecule has 0 amide bonds. The normalized spacial score (nSPS) is 18.4. The number of fused-ring (bicyclic) bond motifs is 1. The number of aliphatic carboxylic acids is 1. The number of hydrogen-bond acceptors (Lipinski definition) is 3. The van der Waals surface area contributed by atoms with E-state index in [0.717, 1.165) is 28.8 Å². The van der Waals surface area contributed by atoms with E-state index in [2.05, 4.69) is 0 Å². The van der Waals surface area contributed by atoms with Gasteiger partial charge in [-0.25, -0.2) is 0 Å². The number of benzene rings is 2. The Morgan fingerprint density at radius 1 is 1.35 bits per heavy atom. The molecule has 0 bridgehead atoms. The highest BCUT2D eigenvalue weighted by atomic mass is 35.5. The van der Waals surface area contributed by atoms with Crippen molar-refractivity contribution in [2.45, 2.75) is 25.4 Å². The molecule has 0 saturated carbocycles. The summed E-state index contributed by atoms with van der Waals surface area (Å²) in [7, 11) is 0. The molecule has 0 aromatic heterocycles. The number of nitrogens with two attached hydrogens (primary N) is 1. The Labute approximate surface area is 140 Å². The van der Waals surface area contributed by atoms with Gasteiger partial charge in [0, 0.05) is 17.3 Å². The fourth-order valence-electron chi connectivity index (χ4n) is 3.17. The van der Waals surface area contributed by atoms with Gasteiger partial charge in [0.1, 0.15) is 6.04 Å². The number of carbonyl (C=O) groups is 1. The molecule has 0 spiro atoms. The molecule has 3 rings (SSSR count). The van der Waals surface area contributed by atoms with Crippen LogP contribution in [-0.4, -0.2) is 23.7 Å². The lowest BCUT2D eigenvalue weighted by atomic mass is 9.88. The van der Waals surface area contributed by atoms with Crippen molar-refractivity contribution < 1.29 is 9.90 Å². The van der Waals surface area contributed by atoms with Gasteiger partial charge in [-0.05, 0) is 42.2 Å². The first-order chi connectivity index (χ1) is 11.0. The zero-order chi connectivity index (χ0) is 16.6. The number of anilines is 1. The molecule has 23 heavy (non-hydrogen) atoms. The highest BCUT2D eigenvalue weighted by Gasteiger charge is 2.35. The van der Waals surface area contributed by atoms with Gasteiger partial charge in [-0.3, -0.25) is 4.79 Å². The second-order valence-corrected chi connectivity index (χ2v) is 6.29. The quantitative estimate of drug-likeness (QED) is 0.907. The molecule has 0 fully saturated rings. The average Bonchev–Trinajstić information content (AvgIpc) is 2.55. The fraction of sp³-hybridized carbons (Fsp3) is 0.278. The molecule has 5 heteroatoms. The van der Waals surface area contributed by atoms with Gasteiger partial charge < -0.3 is 15.7 Å². The van der Waals surface area contributed by atoms with Gasteiger partial charge in [-0.15, -0.1) is 0 Å². The molecule has 4 nitrogen and oxygen atoms in total. The Bertz CT molecular complexity index is 748. The summed E-state index contributed by atoms with van der Waals surface area (Å²) in [5, 5.41) is 10.1. The second-order valence-electron chi connectivity index (χ2n) is 5.88. The van der Waals surface area contributed by atoms with E-state index in [-0.39, 0.29) is 0 Å². The van der Waals surface area contributed by atoms with E-state index in [1.807, 2.05) is 54.3 Å². The fourth-order valence-corrected chi connectivity index (χ4v) is 3.35. The second kappa shape index (κ2) is 6.22. The van der Waals surface area contributed by atoms with Crippen molar-refractivity contribution in [3.05, 3.63) is 64.2 Å². The maximum atomic E-state index is 11.5. The minimum Gasteiger partial charge on any atom is -0.480 e. The Kier molecular flexibility index (Phi) is 4.28. The molecular formula is C18H19ClN2O2. The van der Waals surface area contributed by atoms with Crippen LogP contribution in [0.25, 0.3) is 0 Å². The molecular weight excluding hydrogens is 312 g/mol. The van der Waals surface area contributed by atoms with Gasteiger partial charge in [-0.1, -0.05) is 41.9 Å². The summed E-state index contributed by atoms with van der Waals surface area (Å²) in [6.07, 6.45) is 0.852. The molecule has 2 aromatic carbocycles. The molecule has 2 unspecified atom stereocenters. The van der Waals surface area contributed by atoms with Crippen LogP contribution in [0.15, 0.2) is 42.5 Å². The zero-order valence-electron chi connectivity index (χ0n) is 12.9. The molecule has 1 aliphatic rings. The maximum Gasteiger partial charge on any atom is 0.322 e. The molecule has 120 valence electrons. The Morgan fingerprint density at radius 3 is 2.78 bits per heavy atom. The monoisotopic (exact) mass is 330 g/mol. The Hall–Kier alpha value is -2.04. The molecule has 1 heterocycles. The standard InChI is InChI=1S/C18H19ClN2O2/c1-11-6-7-13(10-15(11)19)21-9-8-12-4-2-3-5-14(12)17(21)16(20)18(22)23/h2-7,10,16-17H,8-9,20H2,1H3,(H,22,23). The molecule has 0 radical (unpaired) electrons. The summed E-state index contributed by atoms with van der Waals surface area (Å²) in [6, 6.07) is 12.3. The van der Waals surface area contributed by atoms with E-state index >= 15 is 0 Å². The van der Waals surface area contributed by atoms with E-state index in [9.17, 15) is 9.90 Å². The van der Waals surface area contributed by atoms with Crippen molar-refractivity contribution in [3.8, 4) is 0 Å². The van der Waals surface area contributed by atoms with Gasteiger partial charge >= 0.3 is 5.97 Å². The SMILES string of the molecule is Cc1ccc(N2CCc3ccccc3C2C(N)C(=O)O)cc1Cl. The third-order valence-electron chi connectivity index (χ3n) is 4.44. The lowest BCUT2D eigenvalue weighted by Gasteiger charge is -2.41. The highest BCUT2D eigenvalue weighted by Crippen LogP contribution is 2.36. The van der Waals surface area contributed by atoms with Crippen LogP contribution in [0.2, 0.25) is 5.02 Å². The summed E-state index contributed by atoms with van der Waals surface area (Å²) in [5.41, 5.74) is 10.1. The first kappa shape index (κ1) is 15.8. The van der Waals surface area contributed by atoms with Gasteiger partial charge in [0.2, 0.25) is 0 Å². The molecule has 3 N–H and O–H groups in total. The van der Waals surface area contributed by atoms with Crippen LogP contribution >= 0.6 is 11.6 Å². The number of carboxylic acid groups (broad SMARTS) is 1. The third-order valence-corrected chi connectivity index (χ3v) is 4.85. The van der Waals surface area contributed by atoms with E-state index < -0.39 is 18.1 Å². The van der Waals surface area contributed by atoms with Gasteiger partial charge in [0.05, 0.1) is 6.04 Å². The molecule has 0 aliphatic carbocycles. The average molecular weight is 331 g/mol. The van der Waals surface area contributed by atoms with Crippen molar-refractivity contribution in [2.75, 3.05) is 11.4 Å². The number of halogens is 1. The van der Waals surface area contributed by atoms with E-state index in [0.29, 0.717) is 11.6 Å². The Morgan fingerprint density at radius 2 is 2.09 bits per heavy atom. The van der Waals surface area contributed by atoms with Crippen molar-refractivity contribution in [2.24, 2.45) is 5.73 Å². The molecule has 1 aliphatic heterocycles. The maximum absolute atomic E-state index is 11.5. The number of carboxylic acids is 1. The molecule has 2 aromatic rings. The van der Waals surface area contributed by atoms with Gasteiger partial charge in [-0.2, -0.15) is 0 Å². The van der Waals surface area contributed by atoms with Crippen LogP contribution in [0, 0.1) is 6.92 Å². The predicted octanol–water partition coefficient (Wildman–Crippen LogP) is 3.16. The summed E-state index contributed by atoms with van der Waals surface area (Å²) < 4.78 is 0. The predicted molar refractivity (Wildman–Crippen MR) is 92.0 cm³/mol. The first-order valence-corrected chi connectivity index (χ1v) is 7.96. The van der Waals surface area contributed by atoms with Crippen LogP contribution in [-0.2, 0) is 11.2 Å². The van der Waals surface area contributed by atoms with Crippen molar-refractivity contribution in [3.63, 3.8) is 0 Å². The van der Waals surface area contributed by atoms with E-state index in [4.69, 9.17) is 17.3 Å². The van der Waals surface area contributed by atoms with Crippen LogP contribution < -0.4 is 10.6 Å². The summed E-state index contributed by atoms with van der Waals surface area (Å²) in [4.78, 5) is 13.6. The number of nitrogens with zero attached hydrogens (tertiary/aromatic N) is 1. The van der Waals surface area contributed by atoms with Crippen LogP contribution in [0.3, 0.4) is 0 Å². The number of aryl methyl sites for hydroxylation is 1. The third kappa shape index (κ3) is 2.92. The van der Waals surface area contributed by atoms with Crippen LogP contribution in [0.5, 0.6) is 0 Å². The molecule has 2 atom stereocenters. The topological polar surface area (TPSA) is 66.6 Å². The lowest BCUT2D eigenvalue weighted by molar-refractivity contribution is -0.139. The lowest BCUT2D eigenvalue weighted by Crippen LogP contribution is -2.49. The van der Waals surface area contributed by atoms with Crippen LogP contribution in [0.1, 0.15) is 22.7 Å². The first-order valence-electron chi connectivity index (χ1n) is 7.58. The molecule has 0 saturated heterocycles. The van der Waals surface area contributed by atoms with Crippen molar-refractivity contribution >= 4 is 23.3 Å². The van der Waals surface area contributed by atoms with Gasteiger partial charge in [0.15, 0.2) is 0 Å². The Balaban J connectivity index is 2.08. The van der Waals surface area contributed by atoms with E-state index in [1.165, 1.54) is 0 Å². The number of rotatable bonds is 3. The van der Waals surface area contributed by atoms with E-state index in [1.54, 1.807) is 0 Å². The van der Waals surface area contributed by atoms with Crippen molar-refractivity contribution in [1.29, 1.82) is 0 Å². The summed E-state index contributed by atoms with van der Waals surface area (Å²) in [6.45, 7) is 2.65. The van der Waals surface area contributed by atoms with Crippen molar-refractivity contribution in [1.82, 2.24) is 0 Å². The largest absolute Gasteiger partial charge is 0.480 e. The van der Waals surface area contributed by atoms with Gasteiger partial charge in [0.25, 0.3) is 0 Å². The van der Waals surface area contributed by atoms with Crippen LogP contribution in [0.4, 0.5) is 5.69 Å². The minimum absolute atomic E-state index is 0.406.